The van der Waals surface area contributed by atoms with Crippen molar-refractivity contribution in [2.45, 2.75) is 39.0 Å². The lowest BCUT2D eigenvalue weighted by Crippen LogP contribution is -2.29. The number of nitrogens with zero attached hydrogens (tertiary/aromatic N) is 2. The number of rotatable bonds is 4. The molecule has 1 aromatic heterocycles. The van der Waals surface area contributed by atoms with E-state index in [1.54, 1.807) is 11.3 Å². The highest BCUT2D eigenvalue weighted by atomic mass is 32.1. The first-order chi connectivity index (χ1) is 7.85. The second-order valence-electron chi connectivity index (χ2n) is 4.22. The molecular weight excluding hydrogens is 220 g/mol. The van der Waals surface area contributed by atoms with Gasteiger partial charge in [0, 0.05) is 13.1 Å². The Morgan fingerprint density at radius 2 is 2.12 bits per heavy atom. The normalized spacial score (nSPS) is 16.4. The first-order valence-electron chi connectivity index (χ1n) is 6.05. The zero-order valence-electron chi connectivity index (χ0n) is 9.74. The van der Waals surface area contributed by atoms with E-state index in [4.69, 9.17) is 0 Å². The number of thiazole rings is 1. The first kappa shape index (κ1) is 11.6. The Bertz CT molecular complexity index is 356. The highest BCUT2D eigenvalue weighted by Gasteiger charge is 2.17. The molecule has 0 radical (unpaired) electrons. The van der Waals surface area contributed by atoms with Gasteiger partial charge in [-0.2, -0.15) is 0 Å². The van der Waals surface area contributed by atoms with E-state index in [-0.39, 0.29) is 0 Å². The van der Waals surface area contributed by atoms with Crippen LogP contribution in [0.2, 0.25) is 0 Å². The van der Waals surface area contributed by atoms with Gasteiger partial charge in [-0.15, -0.1) is 0 Å². The summed E-state index contributed by atoms with van der Waals surface area (Å²) in [6.45, 7) is 4.31. The minimum Gasteiger partial charge on any atom is -0.348 e. The third-order valence-electron chi connectivity index (χ3n) is 2.94. The summed E-state index contributed by atoms with van der Waals surface area (Å²) in [5, 5.41) is 1.05. The van der Waals surface area contributed by atoms with Gasteiger partial charge in [-0.1, -0.05) is 24.7 Å². The predicted octanol–water partition coefficient (Wildman–Crippen LogP) is 2.90. The topological polar surface area (TPSA) is 33.2 Å². The first-order valence-corrected chi connectivity index (χ1v) is 6.86. The summed E-state index contributed by atoms with van der Waals surface area (Å²) in [5.74, 6) is 0. The van der Waals surface area contributed by atoms with Crippen molar-refractivity contribution in [2.75, 3.05) is 18.0 Å². The lowest BCUT2D eigenvalue weighted by molar-refractivity contribution is 0.112. The molecule has 16 heavy (non-hydrogen) atoms. The van der Waals surface area contributed by atoms with E-state index < -0.39 is 0 Å². The summed E-state index contributed by atoms with van der Waals surface area (Å²) in [7, 11) is 0. The molecule has 88 valence electrons. The molecule has 0 aromatic carbocycles. The summed E-state index contributed by atoms with van der Waals surface area (Å²) in [6, 6.07) is 0. The van der Waals surface area contributed by atoms with Crippen LogP contribution in [-0.2, 0) is 6.42 Å². The number of carbonyl (C=O) groups excluding carboxylic acids is 1. The summed E-state index contributed by atoms with van der Waals surface area (Å²) in [5.41, 5.74) is 0.989. The van der Waals surface area contributed by atoms with Gasteiger partial charge in [0.15, 0.2) is 11.4 Å². The lowest BCUT2D eigenvalue weighted by Gasteiger charge is -2.25. The number of anilines is 1. The molecule has 3 nitrogen and oxygen atoms in total. The van der Waals surface area contributed by atoms with Gasteiger partial charge in [0.2, 0.25) is 0 Å². The van der Waals surface area contributed by atoms with Crippen LogP contribution in [0.15, 0.2) is 0 Å². The summed E-state index contributed by atoms with van der Waals surface area (Å²) in [6.07, 6.45) is 6.74. The Kier molecular flexibility index (Phi) is 3.93. The smallest absolute Gasteiger partial charge is 0.186 e. The lowest BCUT2D eigenvalue weighted by atomic mass is 10.1. The zero-order chi connectivity index (χ0) is 11.4. The third-order valence-corrected chi connectivity index (χ3v) is 4.02. The molecule has 1 aromatic rings. The fourth-order valence-electron chi connectivity index (χ4n) is 2.08. The van der Waals surface area contributed by atoms with Crippen molar-refractivity contribution in [2.24, 2.45) is 0 Å². The average molecular weight is 238 g/mol. The fraction of sp³-hybridized carbons (Fsp3) is 0.667. The minimum absolute atomic E-state index is 0.822. The van der Waals surface area contributed by atoms with Crippen molar-refractivity contribution < 1.29 is 4.79 Å². The number of aryl methyl sites for hydroxylation is 1. The van der Waals surface area contributed by atoms with Gasteiger partial charge < -0.3 is 4.90 Å². The summed E-state index contributed by atoms with van der Waals surface area (Å²) >= 11 is 1.55. The van der Waals surface area contributed by atoms with Crippen LogP contribution in [0.3, 0.4) is 0 Å². The highest BCUT2D eigenvalue weighted by Crippen LogP contribution is 2.28. The van der Waals surface area contributed by atoms with E-state index in [0.29, 0.717) is 0 Å². The van der Waals surface area contributed by atoms with E-state index in [2.05, 4.69) is 16.8 Å². The zero-order valence-corrected chi connectivity index (χ0v) is 10.6. The highest BCUT2D eigenvalue weighted by molar-refractivity contribution is 7.17. The van der Waals surface area contributed by atoms with Crippen LogP contribution in [-0.4, -0.2) is 24.4 Å². The van der Waals surface area contributed by atoms with Crippen LogP contribution in [0.1, 0.15) is 48.0 Å². The van der Waals surface area contributed by atoms with Crippen molar-refractivity contribution >= 4 is 22.8 Å². The van der Waals surface area contributed by atoms with Crippen molar-refractivity contribution in [3.8, 4) is 0 Å². The van der Waals surface area contributed by atoms with Crippen molar-refractivity contribution in [3.63, 3.8) is 0 Å². The maximum atomic E-state index is 11.0. The van der Waals surface area contributed by atoms with E-state index in [0.717, 1.165) is 47.9 Å². The van der Waals surface area contributed by atoms with Crippen molar-refractivity contribution in [1.29, 1.82) is 0 Å². The van der Waals surface area contributed by atoms with Crippen LogP contribution in [0.25, 0.3) is 0 Å². The molecule has 2 rings (SSSR count). The molecule has 4 heteroatoms. The molecule has 1 aliphatic heterocycles. The van der Waals surface area contributed by atoms with Crippen LogP contribution >= 0.6 is 11.3 Å². The molecule has 0 spiro atoms. The van der Waals surface area contributed by atoms with Gasteiger partial charge in [0.1, 0.15) is 0 Å². The predicted molar refractivity (Wildman–Crippen MR) is 67.6 cm³/mol. The molecule has 0 saturated carbocycles. The average Bonchev–Trinajstić information content (AvgIpc) is 2.74. The Balaban J connectivity index is 2.17. The van der Waals surface area contributed by atoms with Gasteiger partial charge in [-0.05, 0) is 25.7 Å². The summed E-state index contributed by atoms with van der Waals surface area (Å²) in [4.78, 5) is 18.7. The van der Waals surface area contributed by atoms with Crippen molar-refractivity contribution in [1.82, 2.24) is 4.98 Å². The number of carbonyl (C=O) groups is 1. The number of aldehydes is 1. The molecule has 0 amide bonds. The van der Waals surface area contributed by atoms with Gasteiger partial charge in [0.05, 0.1) is 10.6 Å². The Hall–Kier alpha value is -0.900. The summed E-state index contributed by atoms with van der Waals surface area (Å²) < 4.78 is 0. The van der Waals surface area contributed by atoms with E-state index >= 15 is 0 Å². The standard InChI is InChI=1S/C12H18N2OS/c1-2-6-10-11(9-15)16-12(13-10)14-7-4-3-5-8-14/h9H,2-8H2,1H3. The molecule has 1 fully saturated rings. The van der Waals surface area contributed by atoms with Gasteiger partial charge in [0.25, 0.3) is 0 Å². The van der Waals surface area contributed by atoms with Gasteiger partial charge in [-0.3, -0.25) is 4.79 Å². The van der Waals surface area contributed by atoms with E-state index in [1.807, 2.05) is 0 Å². The molecule has 0 unspecified atom stereocenters. The second kappa shape index (κ2) is 5.43. The van der Waals surface area contributed by atoms with E-state index in [9.17, 15) is 4.79 Å². The van der Waals surface area contributed by atoms with Crippen LogP contribution in [0.5, 0.6) is 0 Å². The molecular formula is C12H18N2OS. The molecule has 2 heterocycles. The number of piperidine rings is 1. The third kappa shape index (κ3) is 2.43. The number of aromatic nitrogens is 1. The SMILES string of the molecule is CCCc1nc(N2CCCCC2)sc1C=O. The second-order valence-corrected chi connectivity index (χ2v) is 5.23. The molecule has 1 saturated heterocycles. The van der Waals surface area contributed by atoms with Crippen molar-refractivity contribution in [3.05, 3.63) is 10.6 Å². The maximum absolute atomic E-state index is 11.0. The Morgan fingerprint density at radius 1 is 1.38 bits per heavy atom. The van der Waals surface area contributed by atoms with Crippen LogP contribution in [0.4, 0.5) is 5.13 Å². The number of hydrogen-bond donors (Lipinski definition) is 0. The fourth-order valence-corrected chi connectivity index (χ4v) is 3.06. The van der Waals surface area contributed by atoms with Gasteiger partial charge in [-0.25, -0.2) is 4.98 Å². The largest absolute Gasteiger partial charge is 0.348 e. The number of hydrogen-bond acceptors (Lipinski definition) is 4. The van der Waals surface area contributed by atoms with Crippen LogP contribution in [0, 0.1) is 0 Å². The quantitative estimate of drug-likeness (QED) is 0.756. The minimum atomic E-state index is 0.822. The Morgan fingerprint density at radius 3 is 2.75 bits per heavy atom. The van der Waals surface area contributed by atoms with E-state index in [1.165, 1.54) is 19.3 Å². The maximum Gasteiger partial charge on any atom is 0.186 e. The Labute approximate surface area is 100 Å². The monoisotopic (exact) mass is 238 g/mol. The molecule has 0 bridgehead atoms. The molecule has 0 atom stereocenters. The molecule has 0 N–H and O–H groups in total. The molecule has 0 aliphatic carbocycles. The molecule has 1 aliphatic rings. The van der Waals surface area contributed by atoms with Gasteiger partial charge >= 0.3 is 0 Å². The van der Waals surface area contributed by atoms with Crippen LogP contribution < -0.4 is 4.90 Å².